The number of rotatable bonds is 4. The summed E-state index contributed by atoms with van der Waals surface area (Å²) in [7, 11) is 0. The molecule has 2 rings (SSSR count). The average Bonchev–Trinajstić information content (AvgIpc) is 2.69. The van der Waals surface area contributed by atoms with Gasteiger partial charge < -0.3 is 5.11 Å². The molecule has 0 bridgehead atoms. The number of thioether (sulfide) groups is 1. The molecule has 0 saturated carbocycles. The number of imidazole rings is 1. The molecule has 94 valence electrons. The maximum atomic E-state index is 10.6. The van der Waals surface area contributed by atoms with Gasteiger partial charge in [0.2, 0.25) is 0 Å². The first-order valence-electron chi connectivity index (χ1n) is 5.23. The monoisotopic (exact) mass is 374 g/mol. The van der Waals surface area contributed by atoms with Crippen molar-refractivity contribution in [2.75, 3.05) is 5.75 Å². The summed E-state index contributed by atoms with van der Waals surface area (Å²) in [6.45, 7) is 1.96. The van der Waals surface area contributed by atoms with Gasteiger partial charge in [-0.1, -0.05) is 23.9 Å². The Balaban J connectivity index is 2.41. The van der Waals surface area contributed by atoms with Crippen LogP contribution >= 0.6 is 34.4 Å². The lowest BCUT2D eigenvalue weighted by Crippen LogP contribution is -2.04. The standard InChI is InChI=1S/C12H11IN2O2S/c1-8-6-14-12(18-7-11(16)17)15(8)10-5-3-2-4-9(10)13/h2-6H,7H2,1H3,(H,16,17). The topological polar surface area (TPSA) is 55.1 Å². The number of carboxylic acid groups (broad SMARTS) is 1. The van der Waals surface area contributed by atoms with Crippen molar-refractivity contribution in [2.45, 2.75) is 12.1 Å². The van der Waals surface area contributed by atoms with Crippen LogP contribution in [0.3, 0.4) is 0 Å². The van der Waals surface area contributed by atoms with Crippen molar-refractivity contribution in [2.24, 2.45) is 0 Å². The molecule has 0 radical (unpaired) electrons. The Morgan fingerprint density at radius 3 is 2.89 bits per heavy atom. The molecule has 0 fully saturated rings. The largest absolute Gasteiger partial charge is 0.481 e. The van der Waals surface area contributed by atoms with E-state index in [1.807, 2.05) is 35.8 Å². The maximum Gasteiger partial charge on any atom is 0.313 e. The lowest BCUT2D eigenvalue weighted by molar-refractivity contribution is -0.133. The van der Waals surface area contributed by atoms with Gasteiger partial charge in [0.25, 0.3) is 0 Å². The van der Waals surface area contributed by atoms with Gasteiger partial charge in [-0.05, 0) is 41.6 Å². The minimum atomic E-state index is -0.838. The van der Waals surface area contributed by atoms with Gasteiger partial charge in [0.1, 0.15) is 0 Å². The van der Waals surface area contributed by atoms with Crippen molar-refractivity contribution in [3.05, 3.63) is 39.7 Å². The fraction of sp³-hybridized carbons (Fsp3) is 0.167. The van der Waals surface area contributed by atoms with Crippen LogP contribution in [0.5, 0.6) is 0 Å². The number of carboxylic acids is 1. The SMILES string of the molecule is Cc1cnc(SCC(=O)O)n1-c1ccccc1I. The normalized spacial score (nSPS) is 10.6. The molecular weight excluding hydrogens is 363 g/mol. The summed E-state index contributed by atoms with van der Waals surface area (Å²) in [5, 5.41) is 9.45. The number of hydrogen-bond donors (Lipinski definition) is 1. The highest BCUT2D eigenvalue weighted by molar-refractivity contribution is 14.1. The Kier molecular flexibility index (Phi) is 4.28. The molecule has 1 aromatic carbocycles. The zero-order valence-electron chi connectivity index (χ0n) is 9.63. The van der Waals surface area contributed by atoms with Crippen LogP contribution in [0.4, 0.5) is 0 Å². The molecule has 2 aromatic rings. The summed E-state index contributed by atoms with van der Waals surface area (Å²) in [6.07, 6.45) is 1.76. The summed E-state index contributed by atoms with van der Waals surface area (Å²) in [4.78, 5) is 14.9. The van der Waals surface area contributed by atoms with Crippen LogP contribution in [0.2, 0.25) is 0 Å². The third-order valence-electron chi connectivity index (χ3n) is 2.32. The van der Waals surface area contributed by atoms with Gasteiger partial charge in [-0.3, -0.25) is 9.36 Å². The third-order valence-corrected chi connectivity index (χ3v) is 4.17. The number of aliphatic carboxylic acids is 1. The van der Waals surface area contributed by atoms with Crippen molar-refractivity contribution in [3.8, 4) is 5.69 Å². The second-order valence-corrected chi connectivity index (χ2v) is 5.76. The Morgan fingerprint density at radius 2 is 2.22 bits per heavy atom. The van der Waals surface area contributed by atoms with E-state index in [1.165, 1.54) is 11.8 Å². The van der Waals surface area contributed by atoms with Gasteiger partial charge in [0.05, 0.1) is 11.4 Å². The third kappa shape index (κ3) is 2.86. The van der Waals surface area contributed by atoms with Gasteiger partial charge in [0, 0.05) is 15.5 Å². The molecule has 0 aliphatic heterocycles. The van der Waals surface area contributed by atoms with Gasteiger partial charge in [-0.15, -0.1) is 0 Å². The number of para-hydroxylation sites is 1. The quantitative estimate of drug-likeness (QED) is 0.661. The van der Waals surface area contributed by atoms with Crippen LogP contribution < -0.4 is 0 Å². The first-order chi connectivity index (χ1) is 8.59. The Bertz CT molecular complexity index is 583. The second-order valence-electron chi connectivity index (χ2n) is 3.65. The highest BCUT2D eigenvalue weighted by atomic mass is 127. The lowest BCUT2D eigenvalue weighted by atomic mass is 10.3. The van der Waals surface area contributed by atoms with E-state index in [4.69, 9.17) is 5.11 Å². The number of carbonyl (C=O) groups is 1. The van der Waals surface area contributed by atoms with E-state index in [0.717, 1.165) is 15.0 Å². The minimum Gasteiger partial charge on any atom is -0.481 e. The van der Waals surface area contributed by atoms with Gasteiger partial charge in [-0.25, -0.2) is 4.98 Å². The molecule has 1 N–H and O–H groups in total. The summed E-state index contributed by atoms with van der Waals surface area (Å²) < 4.78 is 3.09. The summed E-state index contributed by atoms with van der Waals surface area (Å²) in [5.74, 6) is -0.824. The van der Waals surface area contributed by atoms with E-state index in [0.29, 0.717) is 5.16 Å². The summed E-state index contributed by atoms with van der Waals surface area (Å²) in [5.41, 5.74) is 2.02. The van der Waals surface area contributed by atoms with Crippen LogP contribution in [-0.4, -0.2) is 26.4 Å². The van der Waals surface area contributed by atoms with Gasteiger partial charge in [0.15, 0.2) is 5.16 Å². The van der Waals surface area contributed by atoms with Gasteiger partial charge in [-0.2, -0.15) is 0 Å². The Hall–Kier alpha value is -1.02. The smallest absolute Gasteiger partial charge is 0.313 e. The Labute approximate surface area is 123 Å². The molecule has 1 heterocycles. The van der Waals surface area contributed by atoms with Crippen molar-refractivity contribution >= 4 is 40.3 Å². The predicted molar refractivity (Wildman–Crippen MR) is 79.4 cm³/mol. The number of hydrogen-bond acceptors (Lipinski definition) is 3. The second kappa shape index (κ2) is 5.75. The zero-order chi connectivity index (χ0) is 13.1. The molecule has 0 spiro atoms. The molecule has 4 nitrogen and oxygen atoms in total. The number of benzene rings is 1. The molecule has 0 saturated heterocycles. The molecular formula is C12H11IN2O2S. The highest BCUT2D eigenvalue weighted by Crippen LogP contribution is 2.25. The van der Waals surface area contributed by atoms with Crippen molar-refractivity contribution in [1.82, 2.24) is 9.55 Å². The highest BCUT2D eigenvalue weighted by Gasteiger charge is 2.12. The summed E-state index contributed by atoms with van der Waals surface area (Å²) in [6, 6.07) is 7.95. The van der Waals surface area contributed by atoms with Crippen LogP contribution in [-0.2, 0) is 4.79 Å². The fourth-order valence-corrected chi connectivity index (χ4v) is 2.95. The number of aryl methyl sites for hydroxylation is 1. The molecule has 0 aliphatic rings. The molecule has 0 aliphatic carbocycles. The molecule has 1 aromatic heterocycles. The fourth-order valence-electron chi connectivity index (χ4n) is 1.57. The van der Waals surface area contributed by atoms with Gasteiger partial charge >= 0.3 is 5.97 Å². The maximum absolute atomic E-state index is 10.6. The van der Waals surface area contributed by atoms with Crippen LogP contribution in [0, 0.1) is 10.5 Å². The molecule has 6 heteroatoms. The first kappa shape index (κ1) is 13.4. The van der Waals surface area contributed by atoms with E-state index in [1.54, 1.807) is 6.20 Å². The Morgan fingerprint density at radius 1 is 1.50 bits per heavy atom. The zero-order valence-corrected chi connectivity index (χ0v) is 12.6. The van der Waals surface area contributed by atoms with E-state index in [2.05, 4.69) is 27.6 Å². The number of halogens is 1. The van der Waals surface area contributed by atoms with Crippen molar-refractivity contribution in [1.29, 1.82) is 0 Å². The van der Waals surface area contributed by atoms with E-state index < -0.39 is 5.97 Å². The molecule has 18 heavy (non-hydrogen) atoms. The van der Waals surface area contributed by atoms with Crippen LogP contribution in [0.1, 0.15) is 5.69 Å². The van der Waals surface area contributed by atoms with E-state index in [9.17, 15) is 4.79 Å². The lowest BCUT2D eigenvalue weighted by Gasteiger charge is -2.10. The molecule has 0 atom stereocenters. The van der Waals surface area contributed by atoms with E-state index >= 15 is 0 Å². The minimum absolute atomic E-state index is 0.0138. The molecule has 0 unspecified atom stereocenters. The van der Waals surface area contributed by atoms with Crippen molar-refractivity contribution < 1.29 is 9.90 Å². The predicted octanol–water partition coefficient (Wildman–Crippen LogP) is 2.96. The van der Waals surface area contributed by atoms with Crippen LogP contribution in [0.15, 0.2) is 35.6 Å². The average molecular weight is 374 g/mol. The van der Waals surface area contributed by atoms with E-state index in [-0.39, 0.29) is 5.75 Å². The summed E-state index contributed by atoms with van der Waals surface area (Å²) >= 11 is 3.49. The first-order valence-corrected chi connectivity index (χ1v) is 7.30. The number of nitrogens with zero attached hydrogens (tertiary/aromatic N) is 2. The van der Waals surface area contributed by atoms with Crippen molar-refractivity contribution in [3.63, 3.8) is 0 Å². The number of aromatic nitrogens is 2. The van der Waals surface area contributed by atoms with Crippen LogP contribution in [0.25, 0.3) is 5.69 Å². The molecule has 0 amide bonds.